The fourth-order valence-electron chi connectivity index (χ4n) is 2.60. The first-order valence-electron chi connectivity index (χ1n) is 5.53. The van der Waals surface area contributed by atoms with Crippen LogP contribution in [0.25, 0.3) is 0 Å². The quantitative estimate of drug-likeness (QED) is 0.740. The minimum Gasteiger partial charge on any atom is -0.365 e. The molecule has 15 heavy (non-hydrogen) atoms. The number of hydrogen-bond donors (Lipinski definition) is 1. The second kappa shape index (κ2) is 3.47. The van der Waals surface area contributed by atoms with Gasteiger partial charge in [0.2, 0.25) is 0 Å². The molecule has 0 aromatic rings. The zero-order valence-corrected chi connectivity index (χ0v) is 8.70. The number of hydrogen-bond acceptors (Lipinski definition) is 2. The summed E-state index contributed by atoms with van der Waals surface area (Å²) in [5.74, 6) is 0. The molecule has 0 aromatic heterocycles. The third kappa shape index (κ3) is 1.33. The molecule has 0 bridgehead atoms. The molecular formula is C13H15NO. The molecule has 1 aliphatic heterocycles. The van der Waals surface area contributed by atoms with Crippen molar-refractivity contribution < 1.29 is 4.74 Å². The fourth-order valence-corrected chi connectivity index (χ4v) is 2.60. The summed E-state index contributed by atoms with van der Waals surface area (Å²) in [5, 5.41) is 0. The Morgan fingerprint density at radius 3 is 3.20 bits per heavy atom. The summed E-state index contributed by atoms with van der Waals surface area (Å²) in [6.45, 7) is 1.47. The van der Waals surface area contributed by atoms with Crippen molar-refractivity contribution in [2.45, 2.75) is 18.9 Å². The molecular weight excluding hydrogens is 186 g/mol. The van der Waals surface area contributed by atoms with Crippen molar-refractivity contribution in [3.63, 3.8) is 0 Å². The average molecular weight is 201 g/mol. The predicted octanol–water partition coefficient (Wildman–Crippen LogP) is 1.86. The van der Waals surface area contributed by atoms with E-state index in [4.69, 9.17) is 10.5 Å². The lowest BCUT2D eigenvalue weighted by atomic mass is 9.88. The number of nitrogens with two attached hydrogens (primary N) is 1. The monoisotopic (exact) mass is 201 g/mol. The van der Waals surface area contributed by atoms with Gasteiger partial charge in [0.25, 0.3) is 0 Å². The van der Waals surface area contributed by atoms with Gasteiger partial charge in [0.1, 0.15) is 6.10 Å². The minimum atomic E-state index is 0.197. The fraction of sp³-hybridized carbons (Fsp3) is 0.385. The van der Waals surface area contributed by atoms with Gasteiger partial charge in [-0.3, -0.25) is 0 Å². The highest BCUT2D eigenvalue weighted by Gasteiger charge is 2.29. The Bertz CT molecular complexity index is 412. The van der Waals surface area contributed by atoms with Gasteiger partial charge in [-0.15, -0.1) is 0 Å². The Kier molecular flexibility index (Phi) is 2.11. The first-order valence-corrected chi connectivity index (χ1v) is 5.53. The van der Waals surface area contributed by atoms with Gasteiger partial charge in [0.15, 0.2) is 0 Å². The highest BCUT2D eigenvalue weighted by atomic mass is 16.5. The Balaban J connectivity index is 2.00. The van der Waals surface area contributed by atoms with Crippen molar-refractivity contribution in [3.8, 4) is 0 Å². The minimum absolute atomic E-state index is 0.197. The molecule has 2 aliphatic carbocycles. The van der Waals surface area contributed by atoms with Gasteiger partial charge in [-0.05, 0) is 41.7 Å². The average Bonchev–Trinajstić information content (AvgIpc) is 2.83. The van der Waals surface area contributed by atoms with Crippen molar-refractivity contribution >= 4 is 0 Å². The van der Waals surface area contributed by atoms with E-state index in [1.807, 2.05) is 0 Å². The Labute approximate surface area is 89.8 Å². The van der Waals surface area contributed by atoms with Crippen LogP contribution in [0.1, 0.15) is 12.8 Å². The Morgan fingerprint density at radius 2 is 2.33 bits per heavy atom. The van der Waals surface area contributed by atoms with E-state index in [0.717, 1.165) is 26.0 Å². The van der Waals surface area contributed by atoms with Crippen LogP contribution in [0.4, 0.5) is 0 Å². The Hall–Kier alpha value is -1.12. The molecule has 2 nitrogen and oxygen atoms in total. The molecule has 1 unspecified atom stereocenters. The molecule has 0 spiro atoms. The third-order valence-electron chi connectivity index (χ3n) is 3.27. The van der Waals surface area contributed by atoms with E-state index >= 15 is 0 Å². The molecule has 1 atom stereocenters. The summed E-state index contributed by atoms with van der Waals surface area (Å²) >= 11 is 0. The first-order chi connectivity index (χ1) is 7.40. The van der Waals surface area contributed by atoms with Gasteiger partial charge in [0, 0.05) is 0 Å². The molecule has 0 saturated carbocycles. The van der Waals surface area contributed by atoms with Crippen molar-refractivity contribution in [1.29, 1.82) is 0 Å². The van der Waals surface area contributed by atoms with Crippen molar-refractivity contribution in [1.82, 2.24) is 0 Å². The lowest BCUT2D eigenvalue weighted by Gasteiger charge is -2.20. The predicted molar refractivity (Wildman–Crippen MR) is 60.4 cm³/mol. The van der Waals surface area contributed by atoms with Crippen molar-refractivity contribution in [2.75, 3.05) is 13.2 Å². The smallest absolute Gasteiger partial charge is 0.102 e. The second-order valence-electron chi connectivity index (χ2n) is 4.14. The number of fused-ring (bicyclic) bond motifs is 2. The van der Waals surface area contributed by atoms with Crippen LogP contribution in [0.15, 0.2) is 46.6 Å². The van der Waals surface area contributed by atoms with E-state index in [-0.39, 0.29) is 6.10 Å². The summed E-state index contributed by atoms with van der Waals surface area (Å²) in [6, 6.07) is 0. The lowest BCUT2D eigenvalue weighted by Crippen LogP contribution is -2.13. The maximum atomic E-state index is 5.64. The van der Waals surface area contributed by atoms with Gasteiger partial charge in [-0.25, -0.2) is 0 Å². The Morgan fingerprint density at radius 1 is 1.40 bits per heavy atom. The maximum Gasteiger partial charge on any atom is 0.102 e. The molecule has 2 N–H and O–H groups in total. The van der Waals surface area contributed by atoms with E-state index in [1.165, 1.54) is 22.3 Å². The van der Waals surface area contributed by atoms with Crippen LogP contribution in [-0.2, 0) is 4.74 Å². The van der Waals surface area contributed by atoms with Crippen molar-refractivity contribution in [2.24, 2.45) is 5.73 Å². The van der Waals surface area contributed by atoms with E-state index in [2.05, 4.69) is 24.3 Å². The number of rotatable bonds is 2. The van der Waals surface area contributed by atoms with Crippen molar-refractivity contribution in [3.05, 3.63) is 46.6 Å². The summed E-state index contributed by atoms with van der Waals surface area (Å²) in [7, 11) is 0. The summed E-state index contributed by atoms with van der Waals surface area (Å²) in [4.78, 5) is 0. The standard InChI is InChI=1S/C13H15NO/c14-7-5-10-2-1-9-3-4-12-11(13(9)10)6-8-15-12/h2-4,6,12H,1,5,7-8,14H2. The summed E-state index contributed by atoms with van der Waals surface area (Å²) < 4.78 is 5.62. The van der Waals surface area contributed by atoms with E-state index < -0.39 is 0 Å². The normalized spacial score (nSPS) is 27.7. The van der Waals surface area contributed by atoms with Crippen LogP contribution in [0.3, 0.4) is 0 Å². The second-order valence-corrected chi connectivity index (χ2v) is 4.14. The molecule has 3 rings (SSSR count). The highest BCUT2D eigenvalue weighted by Crippen LogP contribution is 2.41. The van der Waals surface area contributed by atoms with Gasteiger partial charge < -0.3 is 10.5 Å². The molecule has 0 saturated heterocycles. The van der Waals surface area contributed by atoms with Crippen LogP contribution in [0.5, 0.6) is 0 Å². The third-order valence-corrected chi connectivity index (χ3v) is 3.27. The largest absolute Gasteiger partial charge is 0.365 e. The maximum absolute atomic E-state index is 5.64. The van der Waals surface area contributed by atoms with Gasteiger partial charge in [-0.1, -0.05) is 24.3 Å². The molecule has 0 radical (unpaired) electrons. The van der Waals surface area contributed by atoms with E-state index in [9.17, 15) is 0 Å². The SMILES string of the molecule is NCCC1=CCC2=C1C1=CCOC1C=C2. The molecule has 3 aliphatic rings. The van der Waals surface area contributed by atoms with E-state index in [0.29, 0.717) is 0 Å². The van der Waals surface area contributed by atoms with Crippen LogP contribution < -0.4 is 5.73 Å². The van der Waals surface area contributed by atoms with Crippen LogP contribution in [0.2, 0.25) is 0 Å². The number of ether oxygens (including phenoxy) is 1. The van der Waals surface area contributed by atoms with Gasteiger partial charge in [-0.2, -0.15) is 0 Å². The first kappa shape index (κ1) is 9.13. The molecule has 0 amide bonds. The summed E-state index contributed by atoms with van der Waals surface area (Å²) in [5.41, 5.74) is 11.3. The van der Waals surface area contributed by atoms with Gasteiger partial charge in [0.05, 0.1) is 6.61 Å². The highest BCUT2D eigenvalue weighted by molar-refractivity contribution is 5.62. The van der Waals surface area contributed by atoms with Crippen LogP contribution in [-0.4, -0.2) is 19.3 Å². The summed E-state index contributed by atoms with van der Waals surface area (Å²) in [6.07, 6.45) is 11.1. The lowest BCUT2D eigenvalue weighted by molar-refractivity contribution is 0.156. The molecule has 1 heterocycles. The van der Waals surface area contributed by atoms with Crippen LogP contribution >= 0.6 is 0 Å². The topological polar surface area (TPSA) is 35.2 Å². The zero-order chi connectivity index (χ0) is 10.3. The molecule has 0 aromatic carbocycles. The van der Waals surface area contributed by atoms with Gasteiger partial charge >= 0.3 is 0 Å². The molecule has 78 valence electrons. The van der Waals surface area contributed by atoms with E-state index in [1.54, 1.807) is 0 Å². The molecule has 0 fully saturated rings. The molecule has 2 heteroatoms. The zero-order valence-electron chi connectivity index (χ0n) is 8.70. The number of allylic oxidation sites excluding steroid dienone is 3. The van der Waals surface area contributed by atoms with Crippen LogP contribution in [0, 0.1) is 0 Å².